The van der Waals surface area contributed by atoms with Gasteiger partial charge < -0.3 is 9.64 Å². The standard InChI is InChI=1S/C27H27FN4O2/c1-19-13-27(34-12-11-31(3)26-14-20(2)29-17-25(26)28)23(18-33)16-22(19)15-21-5-7-24(8-6-21)32-10-4-9-30-32/h4-10,13-14,16-18H,11-12,15H2,1-3H3. The van der Waals surface area contributed by atoms with Gasteiger partial charge in [0.25, 0.3) is 0 Å². The number of aromatic nitrogens is 3. The topological polar surface area (TPSA) is 60.2 Å². The molecule has 2 aromatic heterocycles. The summed E-state index contributed by atoms with van der Waals surface area (Å²) in [6, 6.07) is 15.6. The number of ether oxygens (including phenoxy) is 1. The Kier molecular flexibility index (Phi) is 7.01. The lowest BCUT2D eigenvalue weighted by molar-refractivity contribution is 0.111. The van der Waals surface area contributed by atoms with Gasteiger partial charge in [-0.25, -0.2) is 9.07 Å². The van der Waals surface area contributed by atoms with Crippen LogP contribution in [-0.2, 0) is 6.42 Å². The van der Waals surface area contributed by atoms with Gasteiger partial charge in [0.2, 0.25) is 0 Å². The van der Waals surface area contributed by atoms with Crippen molar-refractivity contribution in [2.24, 2.45) is 0 Å². The van der Waals surface area contributed by atoms with Gasteiger partial charge in [-0.3, -0.25) is 9.78 Å². The lowest BCUT2D eigenvalue weighted by Gasteiger charge is -2.21. The number of hydrogen-bond acceptors (Lipinski definition) is 5. The average molecular weight is 459 g/mol. The van der Waals surface area contributed by atoms with Gasteiger partial charge in [0.1, 0.15) is 12.4 Å². The van der Waals surface area contributed by atoms with Crippen LogP contribution >= 0.6 is 0 Å². The fourth-order valence-corrected chi connectivity index (χ4v) is 3.80. The van der Waals surface area contributed by atoms with Gasteiger partial charge in [0.05, 0.1) is 29.7 Å². The molecule has 0 fully saturated rings. The molecule has 174 valence electrons. The van der Waals surface area contributed by atoms with Crippen molar-refractivity contribution in [1.29, 1.82) is 0 Å². The lowest BCUT2D eigenvalue weighted by atomic mass is 9.97. The molecular weight excluding hydrogens is 431 g/mol. The molecule has 4 aromatic rings. The summed E-state index contributed by atoms with van der Waals surface area (Å²) in [6.07, 6.45) is 6.39. The predicted molar refractivity (Wildman–Crippen MR) is 131 cm³/mol. The van der Waals surface area contributed by atoms with Crippen molar-refractivity contribution in [2.75, 3.05) is 25.1 Å². The Morgan fingerprint density at radius 3 is 2.65 bits per heavy atom. The number of pyridine rings is 1. The number of carbonyl (C=O) groups excluding carboxylic acids is 1. The van der Waals surface area contributed by atoms with E-state index in [4.69, 9.17) is 4.74 Å². The largest absolute Gasteiger partial charge is 0.491 e. The Morgan fingerprint density at radius 2 is 1.94 bits per heavy atom. The Labute approximate surface area is 198 Å². The molecule has 0 aliphatic carbocycles. The second-order valence-corrected chi connectivity index (χ2v) is 8.28. The summed E-state index contributed by atoms with van der Waals surface area (Å²) in [5.41, 5.74) is 5.96. The molecule has 0 atom stereocenters. The van der Waals surface area contributed by atoms with Crippen LogP contribution in [0, 0.1) is 19.7 Å². The van der Waals surface area contributed by atoms with E-state index in [2.05, 4.69) is 22.2 Å². The van der Waals surface area contributed by atoms with Crippen LogP contribution in [0.4, 0.5) is 10.1 Å². The van der Waals surface area contributed by atoms with Crippen molar-refractivity contribution in [3.63, 3.8) is 0 Å². The summed E-state index contributed by atoms with van der Waals surface area (Å²) in [7, 11) is 1.80. The van der Waals surface area contributed by atoms with Crippen LogP contribution in [0.1, 0.15) is 32.7 Å². The van der Waals surface area contributed by atoms with Crippen LogP contribution in [0.2, 0.25) is 0 Å². The highest BCUT2D eigenvalue weighted by Crippen LogP contribution is 2.25. The number of hydrogen-bond donors (Lipinski definition) is 0. The molecule has 0 spiro atoms. The van der Waals surface area contributed by atoms with Crippen molar-refractivity contribution in [2.45, 2.75) is 20.3 Å². The first kappa shape index (κ1) is 23.2. The quantitative estimate of drug-likeness (QED) is 0.333. The number of anilines is 1. The second-order valence-electron chi connectivity index (χ2n) is 8.28. The maximum Gasteiger partial charge on any atom is 0.164 e. The van der Waals surface area contributed by atoms with Crippen LogP contribution in [-0.4, -0.2) is 41.2 Å². The van der Waals surface area contributed by atoms with Gasteiger partial charge in [0.15, 0.2) is 12.1 Å². The van der Waals surface area contributed by atoms with Gasteiger partial charge in [-0.2, -0.15) is 5.10 Å². The summed E-state index contributed by atoms with van der Waals surface area (Å²) in [5.74, 6) is 0.157. The summed E-state index contributed by atoms with van der Waals surface area (Å²) in [6.45, 7) is 4.60. The van der Waals surface area contributed by atoms with Gasteiger partial charge in [-0.1, -0.05) is 12.1 Å². The molecule has 0 aliphatic heterocycles. The molecule has 34 heavy (non-hydrogen) atoms. The van der Waals surface area contributed by atoms with Crippen molar-refractivity contribution < 1.29 is 13.9 Å². The zero-order chi connectivity index (χ0) is 24.1. The molecule has 2 aromatic carbocycles. The highest BCUT2D eigenvalue weighted by molar-refractivity contribution is 5.80. The molecule has 7 heteroatoms. The van der Waals surface area contributed by atoms with Crippen molar-refractivity contribution >= 4 is 12.0 Å². The third-order valence-electron chi connectivity index (χ3n) is 5.76. The molecular formula is C27H27FN4O2. The van der Waals surface area contributed by atoms with Crippen LogP contribution < -0.4 is 9.64 Å². The van der Waals surface area contributed by atoms with E-state index in [1.54, 1.807) is 24.2 Å². The van der Waals surface area contributed by atoms with Gasteiger partial charge in [-0.15, -0.1) is 0 Å². The molecule has 2 heterocycles. The van der Waals surface area contributed by atoms with E-state index in [1.165, 1.54) is 6.20 Å². The number of halogens is 1. The van der Waals surface area contributed by atoms with Crippen LogP contribution in [0.15, 0.2) is 67.1 Å². The third-order valence-corrected chi connectivity index (χ3v) is 5.76. The first-order valence-corrected chi connectivity index (χ1v) is 11.1. The smallest absolute Gasteiger partial charge is 0.164 e. The molecule has 0 N–H and O–H groups in total. The zero-order valence-corrected chi connectivity index (χ0v) is 19.5. The first-order valence-electron chi connectivity index (χ1n) is 11.1. The molecule has 0 saturated carbocycles. The number of aldehydes is 1. The van der Waals surface area contributed by atoms with Crippen molar-refractivity contribution in [3.8, 4) is 11.4 Å². The minimum atomic E-state index is -0.375. The molecule has 0 aliphatic rings. The second kappa shape index (κ2) is 10.3. The van der Waals surface area contributed by atoms with E-state index in [-0.39, 0.29) is 5.82 Å². The molecule has 0 amide bonds. The number of nitrogens with zero attached hydrogens (tertiary/aromatic N) is 4. The van der Waals surface area contributed by atoms with E-state index >= 15 is 0 Å². The van der Waals surface area contributed by atoms with E-state index in [1.807, 2.05) is 55.1 Å². The SMILES string of the molecule is Cc1cc(N(C)CCOc2cc(C)c(Cc3ccc(-n4cccn4)cc3)cc2C=O)c(F)cn1. The van der Waals surface area contributed by atoms with Crippen molar-refractivity contribution in [1.82, 2.24) is 14.8 Å². The summed E-state index contributed by atoms with van der Waals surface area (Å²) < 4.78 is 21.8. The van der Waals surface area contributed by atoms with E-state index < -0.39 is 0 Å². The highest BCUT2D eigenvalue weighted by Gasteiger charge is 2.12. The predicted octanol–water partition coefficient (Wildman–Crippen LogP) is 4.94. The maximum atomic E-state index is 14.1. The summed E-state index contributed by atoms with van der Waals surface area (Å²) >= 11 is 0. The minimum absolute atomic E-state index is 0.311. The van der Waals surface area contributed by atoms with Gasteiger partial charge in [-0.05, 0) is 73.4 Å². The number of carbonyl (C=O) groups is 1. The van der Waals surface area contributed by atoms with E-state index in [0.29, 0.717) is 36.6 Å². The molecule has 0 bridgehead atoms. The summed E-state index contributed by atoms with van der Waals surface area (Å²) in [4.78, 5) is 17.5. The fraction of sp³-hybridized carbons (Fsp3) is 0.222. The molecule has 0 unspecified atom stereocenters. The Morgan fingerprint density at radius 1 is 1.15 bits per heavy atom. The van der Waals surface area contributed by atoms with Crippen LogP contribution in [0.5, 0.6) is 5.75 Å². The van der Waals surface area contributed by atoms with Gasteiger partial charge in [0, 0.05) is 25.1 Å². The molecule has 0 saturated heterocycles. The number of rotatable bonds is 9. The highest BCUT2D eigenvalue weighted by atomic mass is 19.1. The minimum Gasteiger partial charge on any atom is -0.491 e. The number of likely N-dealkylation sites (N-methyl/N-ethyl adjacent to an activating group) is 1. The number of aryl methyl sites for hydroxylation is 2. The molecule has 6 nitrogen and oxygen atoms in total. The Hall–Kier alpha value is -4.00. The molecule has 4 rings (SSSR count). The monoisotopic (exact) mass is 458 g/mol. The summed E-state index contributed by atoms with van der Waals surface area (Å²) in [5, 5.41) is 4.25. The first-order chi connectivity index (χ1) is 16.4. The van der Waals surface area contributed by atoms with Crippen LogP contribution in [0.3, 0.4) is 0 Å². The van der Waals surface area contributed by atoms with Crippen molar-refractivity contribution in [3.05, 3.63) is 101 Å². The Bertz CT molecular complexity index is 1270. The third kappa shape index (κ3) is 5.31. The molecule has 0 radical (unpaired) electrons. The Balaban J connectivity index is 1.42. The average Bonchev–Trinajstić information content (AvgIpc) is 3.37. The van der Waals surface area contributed by atoms with Gasteiger partial charge >= 0.3 is 0 Å². The number of benzene rings is 2. The van der Waals surface area contributed by atoms with E-state index in [0.717, 1.165) is 34.4 Å². The zero-order valence-electron chi connectivity index (χ0n) is 19.5. The van der Waals surface area contributed by atoms with Crippen LogP contribution in [0.25, 0.3) is 5.69 Å². The van der Waals surface area contributed by atoms with E-state index in [9.17, 15) is 9.18 Å². The maximum absolute atomic E-state index is 14.1. The normalized spacial score (nSPS) is 10.8. The lowest BCUT2D eigenvalue weighted by Crippen LogP contribution is -2.25. The fourth-order valence-electron chi connectivity index (χ4n) is 3.80.